The molecule has 3 heterocycles. The van der Waals surface area contributed by atoms with E-state index in [1.54, 1.807) is 41.5 Å². The van der Waals surface area contributed by atoms with Gasteiger partial charge in [-0.15, -0.1) is 0 Å². The summed E-state index contributed by atoms with van der Waals surface area (Å²) in [5.41, 5.74) is -7.49. The summed E-state index contributed by atoms with van der Waals surface area (Å²) in [4.78, 5) is 135. The predicted molar refractivity (Wildman–Crippen MR) is 278 cm³/mol. The van der Waals surface area contributed by atoms with Crippen LogP contribution in [0.3, 0.4) is 0 Å². The van der Waals surface area contributed by atoms with Gasteiger partial charge in [-0.2, -0.15) is 0 Å². The number of rotatable bonds is 17. The maximum Gasteiger partial charge on any atom is 0.311 e. The summed E-state index contributed by atoms with van der Waals surface area (Å²) < 4.78 is 91.9. The van der Waals surface area contributed by atoms with Crippen LogP contribution in [0.25, 0.3) is 0 Å². The molecule has 0 unspecified atom stereocenters. The second-order valence-corrected chi connectivity index (χ2v) is 26.5. The predicted octanol–water partition coefficient (Wildman–Crippen LogP) is 5.32. The average molecular weight is 1160 g/mol. The van der Waals surface area contributed by atoms with E-state index in [-0.39, 0.29) is 6.42 Å². The molecule has 0 saturated carbocycles. The molecule has 0 N–H and O–H groups in total. The minimum absolute atomic E-state index is 0.229. The van der Waals surface area contributed by atoms with Crippen molar-refractivity contribution in [2.45, 2.75) is 245 Å². The summed E-state index contributed by atoms with van der Waals surface area (Å²) in [6.45, 7) is 29.9. The Morgan fingerprint density at radius 3 is 1.06 bits per heavy atom. The molecule has 0 aromatic heterocycles. The van der Waals surface area contributed by atoms with Gasteiger partial charge in [0.2, 0.25) is 12.4 Å². The first kappa shape index (κ1) is 69.8. The van der Waals surface area contributed by atoms with Crippen LogP contribution in [0.2, 0.25) is 0 Å². The molecule has 0 aliphatic carbocycles. The van der Waals surface area contributed by atoms with Crippen LogP contribution in [0.1, 0.15) is 159 Å². The summed E-state index contributed by atoms with van der Waals surface area (Å²) >= 11 is 0. The van der Waals surface area contributed by atoms with E-state index in [2.05, 4.69) is 0 Å². The van der Waals surface area contributed by atoms with Crippen molar-refractivity contribution < 1.29 is 119 Å². The van der Waals surface area contributed by atoms with Gasteiger partial charge in [0, 0.05) is 34.1 Å². The third kappa shape index (κ3) is 20.7. The van der Waals surface area contributed by atoms with Gasteiger partial charge in [-0.25, -0.2) is 0 Å². The molecule has 25 nitrogen and oxygen atoms in total. The molecule has 14 atom stereocenters. The molecule has 0 spiro atoms. The highest BCUT2D eigenvalue weighted by atomic mass is 16.8. The van der Waals surface area contributed by atoms with E-state index in [1.165, 1.54) is 83.1 Å². The van der Waals surface area contributed by atoms with Crippen molar-refractivity contribution in [2.24, 2.45) is 32.5 Å². The fourth-order valence-electron chi connectivity index (χ4n) is 7.47. The molecule has 3 rings (SSSR count). The van der Waals surface area contributed by atoms with E-state index in [1.807, 2.05) is 0 Å². The lowest BCUT2D eigenvalue weighted by Gasteiger charge is -2.50. The molecule has 3 saturated heterocycles. The van der Waals surface area contributed by atoms with Crippen LogP contribution in [0, 0.1) is 32.5 Å². The summed E-state index contributed by atoms with van der Waals surface area (Å²) in [7, 11) is 0. The lowest BCUT2D eigenvalue weighted by atomic mass is 9.92. The van der Waals surface area contributed by atoms with Crippen LogP contribution in [0.4, 0.5) is 0 Å². The molecule has 3 aliphatic rings. The standard InChI is InChI=1S/C56H88O25/c1-27(57)67-24-31-23-32(70-28(2)58)37(71-29(3)59)42(73-31)77-38-36(78-47(63)53(11,12)13)34(26-69-46(62)52(8,9)10)75-44(40(38)80-49(65)55(17,18)19)76-35-33(25-68-45(61)51(5,6)7)74-43(72-30(4)60)41(81-50(66)56(20,21)22)39(35)79-48(64)54(14,15)16/h31-44H,23-26H2,1-22H3/t31-,32-,33+,34+,35+,36-,37+,38-,39-,40+,41+,42+,43+,44-/m0/s1. The van der Waals surface area contributed by atoms with E-state index in [4.69, 9.17) is 71.1 Å². The summed E-state index contributed by atoms with van der Waals surface area (Å²) in [6, 6.07) is 0. The van der Waals surface area contributed by atoms with Crippen molar-refractivity contribution in [1.29, 1.82) is 0 Å². The van der Waals surface area contributed by atoms with Gasteiger partial charge in [-0.3, -0.25) is 47.9 Å². The average Bonchev–Trinajstić information content (AvgIpc) is 3.28. The maximum atomic E-state index is 14.5. The lowest BCUT2D eigenvalue weighted by molar-refractivity contribution is -0.377. The quantitative estimate of drug-likeness (QED) is 0.131. The number of carbonyl (C=O) groups excluding carboxylic acids is 10. The lowest BCUT2D eigenvalue weighted by Crippen LogP contribution is -2.68. The molecule has 0 bridgehead atoms. The van der Waals surface area contributed by atoms with E-state index >= 15 is 0 Å². The van der Waals surface area contributed by atoms with Gasteiger partial charge >= 0.3 is 59.7 Å². The van der Waals surface area contributed by atoms with Crippen molar-refractivity contribution in [1.82, 2.24) is 0 Å². The topological polar surface area (TPSA) is 309 Å². The van der Waals surface area contributed by atoms with Gasteiger partial charge in [0.05, 0.1) is 38.6 Å². The Bertz CT molecular complexity index is 2270. The van der Waals surface area contributed by atoms with E-state index in [0.717, 1.165) is 27.7 Å². The molecule has 81 heavy (non-hydrogen) atoms. The number of carbonyl (C=O) groups is 10. The second-order valence-electron chi connectivity index (χ2n) is 26.5. The van der Waals surface area contributed by atoms with E-state index in [0.29, 0.717) is 0 Å². The fraction of sp³-hybridized carbons (Fsp3) is 0.821. The zero-order valence-corrected chi connectivity index (χ0v) is 51.1. The first-order valence-electron chi connectivity index (χ1n) is 26.8. The molecule has 25 heteroatoms. The Labute approximate surface area is 474 Å². The largest absolute Gasteiger partial charge is 0.463 e. The molecular formula is C56H88O25. The van der Waals surface area contributed by atoms with E-state index < -0.39 is 198 Å². The molecule has 0 amide bonds. The van der Waals surface area contributed by atoms with Crippen molar-refractivity contribution >= 4 is 59.7 Å². The third-order valence-corrected chi connectivity index (χ3v) is 12.0. The van der Waals surface area contributed by atoms with Gasteiger partial charge in [0.15, 0.2) is 37.0 Å². The highest BCUT2D eigenvalue weighted by Crippen LogP contribution is 2.40. The third-order valence-electron chi connectivity index (χ3n) is 12.0. The van der Waals surface area contributed by atoms with Crippen LogP contribution in [-0.2, 0) is 119 Å². The van der Waals surface area contributed by atoms with Crippen molar-refractivity contribution in [3.63, 3.8) is 0 Å². The van der Waals surface area contributed by atoms with Crippen LogP contribution in [0.15, 0.2) is 0 Å². The summed E-state index contributed by atoms with van der Waals surface area (Å²) in [6.07, 6.45) is -25.2. The number of hydrogen-bond acceptors (Lipinski definition) is 25. The molecule has 462 valence electrons. The summed E-state index contributed by atoms with van der Waals surface area (Å²) in [5.74, 6) is -8.66. The molecular weight excluding hydrogens is 1070 g/mol. The zero-order chi connectivity index (χ0) is 62.3. The SMILES string of the molecule is CC(=O)OC[C@@H]1C[C@H](OC(C)=O)[C@@H](OC(C)=O)[C@@H](O[C@H]2[C@@H](OC(=O)C(C)(C)C)[C@@H](COC(=O)C(C)(C)C)O[C@@H](O[C@H]3[C@H](OC(=O)C(C)(C)C)[C@@H](OC(=O)C(C)(C)C)[C@H](OC(C)=O)O[C@@H]3COC(=O)C(C)(C)C)[C@@H]2OC(=O)C(C)(C)C)O1. The zero-order valence-electron chi connectivity index (χ0n) is 51.1. The first-order valence-corrected chi connectivity index (χ1v) is 26.8. The van der Waals surface area contributed by atoms with Crippen molar-refractivity contribution in [2.75, 3.05) is 19.8 Å². The Kier molecular flexibility index (Phi) is 23.5. The van der Waals surface area contributed by atoms with Crippen LogP contribution in [0.5, 0.6) is 0 Å². The van der Waals surface area contributed by atoms with Gasteiger partial charge in [-0.05, 0) is 125 Å². The van der Waals surface area contributed by atoms with Crippen LogP contribution < -0.4 is 0 Å². The van der Waals surface area contributed by atoms with Crippen molar-refractivity contribution in [3.8, 4) is 0 Å². The molecule has 0 radical (unpaired) electrons. The molecule has 3 aliphatic heterocycles. The smallest absolute Gasteiger partial charge is 0.311 e. The van der Waals surface area contributed by atoms with Gasteiger partial charge < -0.3 is 71.1 Å². The van der Waals surface area contributed by atoms with Gasteiger partial charge in [0.1, 0.15) is 50.3 Å². The Morgan fingerprint density at radius 1 is 0.321 bits per heavy atom. The molecule has 0 aromatic carbocycles. The minimum atomic E-state index is -2.12. The minimum Gasteiger partial charge on any atom is -0.463 e. The van der Waals surface area contributed by atoms with Gasteiger partial charge in [-0.1, -0.05) is 0 Å². The number of hydrogen-bond donors (Lipinski definition) is 0. The van der Waals surface area contributed by atoms with Crippen molar-refractivity contribution in [3.05, 3.63) is 0 Å². The number of ether oxygens (including phenoxy) is 15. The second kappa shape index (κ2) is 27.3. The Balaban J connectivity index is 2.62. The van der Waals surface area contributed by atoms with Crippen LogP contribution in [-0.4, -0.2) is 166 Å². The Hall–Kier alpha value is -5.50. The van der Waals surface area contributed by atoms with E-state index in [9.17, 15) is 47.9 Å². The highest BCUT2D eigenvalue weighted by Gasteiger charge is 2.60. The highest BCUT2D eigenvalue weighted by molar-refractivity contribution is 5.78. The maximum absolute atomic E-state index is 14.5. The molecule has 0 aromatic rings. The normalized spacial score (nSPS) is 28.4. The first-order chi connectivity index (χ1) is 36.7. The van der Waals surface area contributed by atoms with Gasteiger partial charge in [0.25, 0.3) is 0 Å². The summed E-state index contributed by atoms with van der Waals surface area (Å²) in [5, 5.41) is 0. The Morgan fingerprint density at radius 2 is 0.667 bits per heavy atom. The number of esters is 10. The molecule has 3 fully saturated rings. The fourth-order valence-corrected chi connectivity index (χ4v) is 7.47. The van der Waals surface area contributed by atoms with Crippen LogP contribution >= 0.6 is 0 Å². The monoisotopic (exact) mass is 1160 g/mol.